The van der Waals surface area contributed by atoms with Gasteiger partial charge >= 0.3 is 0 Å². The largest absolute Gasteiger partial charge is 0.377 e. The molecule has 0 bridgehead atoms. The molecule has 0 N–H and O–H groups in total. The molecular formula is C16H26N4O. The van der Waals surface area contributed by atoms with Gasteiger partial charge in [-0.1, -0.05) is 0 Å². The average molecular weight is 290 g/mol. The summed E-state index contributed by atoms with van der Waals surface area (Å²) < 4.78 is 7.99. The van der Waals surface area contributed by atoms with Gasteiger partial charge in [-0.05, 0) is 25.2 Å². The number of hydrogen-bond donors (Lipinski definition) is 0. The Balaban J connectivity index is 1.28. The SMILES string of the molecule is Cn1cc(CN2CCN3CC(OCC4CC4)CC3C2)cn1. The highest BCUT2D eigenvalue weighted by molar-refractivity contribution is 5.04. The van der Waals surface area contributed by atoms with E-state index in [0.717, 1.165) is 25.6 Å². The maximum Gasteiger partial charge on any atom is 0.0717 e. The number of rotatable bonds is 5. The van der Waals surface area contributed by atoms with Gasteiger partial charge in [0.15, 0.2) is 0 Å². The Bertz CT molecular complexity index is 484. The first-order chi connectivity index (χ1) is 10.3. The Morgan fingerprint density at radius 1 is 1.29 bits per heavy atom. The van der Waals surface area contributed by atoms with E-state index in [2.05, 4.69) is 21.1 Å². The highest BCUT2D eigenvalue weighted by Crippen LogP contribution is 2.31. The maximum absolute atomic E-state index is 6.10. The van der Waals surface area contributed by atoms with Gasteiger partial charge in [0.25, 0.3) is 0 Å². The molecule has 1 aromatic rings. The molecule has 1 aromatic heterocycles. The molecule has 1 saturated carbocycles. The van der Waals surface area contributed by atoms with E-state index in [9.17, 15) is 0 Å². The van der Waals surface area contributed by atoms with Crippen molar-refractivity contribution in [2.24, 2.45) is 13.0 Å². The van der Waals surface area contributed by atoms with Crippen molar-refractivity contribution in [3.63, 3.8) is 0 Å². The average Bonchev–Trinajstić information content (AvgIpc) is 3.08. The zero-order chi connectivity index (χ0) is 14.2. The second-order valence-corrected chi connectivity index (χ2v) is 7.04. The van der Waals surface area contributed by atoms with E-state index in [1.807, 2.05) is 17.9 Å². The molecule has 0 spiro atoms. The molecule has 5 heteroatoms. The van der Waals surface area contributed by atoms with Crippen LogP contribution in [0.4, 0.5) is 0 Å². The van der Waals surface area contributed by atoms with E-state index >= 15 is 0 Å². The van der Waals surface area contributed by atoms with E-state index in [1.165, 1.54) is 44.5 Å². The summed E-state index contributed by atoms with van der Waals surface area (Å²) in [5, 5.41) is 4.27. The molecular weight excluding hydrogens is 264 g/mol. The van der Waals surface area contributed by atoms with E-state index in [-0.39, 0.29) is 0 Å². The van der Waals surface area contributed by atoms with Gasteiger partial charge in [-0.15, -0.1) is 0 Å². The van der Waals surface area contributed by atoms with Crippen LogP contribution in [0, 0.1) is 5.92 Å². The minimum atomic E-state index is 0.481. The summed E-state index contributed by atoms with van der Waals surface area (Å²) in [5.74, 6) is 0.879. The van der Waals surface area contributed by atoms with Gasteiger partial charge in [0, 0.05) is 64.2 Å². The Morgan fingerprint density at radius 3 is 2.95 bits per heavy atom. The van der Waals surface area contributed by atoms with E-state index in [1.54, 1.807) is 0 Å². The first-order valence-electron chi connectivity index (χ1n) is 8.32. The number of piperazine rings is 1. The molecule has 4 rings (SSSR count). The lowest BCUT2D eigenvalue weighted by molar-refractivity contribution is 0.0508. The van der Waals surface area contributed by atoms with Crippen LogP contribution in [0.2, 0.25) is 0 Å². The van der Waals surface area contributed by atoms with Crippen LogP contribution in [-0.2, 0) is 18.3 Å². The third kappa shape index (κ3) is 3.30. The molecule has 5 nitrogen and oxygen atoms in total. The lowest BCUT2D eigenvalue weighted by Crippen LogP contribution is -2.49. The van der Waals surface area contributed by atoms with Crippen molar-refractivity contribution in [2.75, 3.05) is 32.8 Å². The van der Waals surface area contributed by atoms with E-state index in [0.29, 0.717) is 12.1 Å². The minimum Gasteiger partial charge on any atom is -0.377 e. The third-order valence-corrected chi connectivity index (χ3v) is 5.09. The highest BCUT2D eigenvalue weighted by atomic mass is 16.5. The quantitative estimate of drug-likeness (QED) is 0.813. The molecule has 3 aliphatic rings. The molecule has 2 saturated heterocycles. The minimum absolute atomic E-state index is 0.481. The predicted octanol–water partition coefficient (Wildman–Crippen LogP) is 1.11. The summed E-state index contributed by atoms with van der Waals surface area (Å²) in [5.41, 5.74) is 1.32. The van der Waals surface area contributed by atoms with Crippen LogP contribution in [-0.4, -0.2) is 64.5 Å². The molecule has 3 fully saturated rings. The second-order valence-electron chi connectivity index (χ2n) is 7.04. The molecule has 2 atom stereocenters. The van der Waals surface area contributed by atoms with E-state index in [4.69, 9.17) is 4.74 Å². The summed E-state index contributed by atoms with van der Waals surface area (Å²) >= 11 is 0. The lowest BCUT2D eigenvalue weighted by Gasteiger charge is -2.37. The van der Waals surface area contributed by atoms with Crippen molar-refractivity contribution in [1.29, 1.82) is 0 Å². The van der Waals surface area contributed by atoms with Crippen LogP contribution in [0.5, 0.6) is 0 Å². The number of hydrogen-bond acceptors (Lipinski definition) is 4. The molecule has 2 unspecified atom stereocenters. The summed E-state index contributed by atoms with van der Waals surface area (Å²) in [6.07, 6.45) is 8.59. The van der Waals surface area contributed by atoms with Crippen molar-refractivity contribution in [3.05, 3.63) is 18.0 Å². The molecule has 0 radical (unpaired) electrons. The summed E-state index contributed by atoms with van der Waals surface area (Å²) in [4.78, 5) is 5.21. The zero-order valence-electron chi connectivity index (χ0n) is 12.9. The molecule has 0 amide bonds. The van der Waals surface area contributed by atoms with Gasteiger partial charge in [0.1, 0.15) is 0 Å². The highest BCUT2D eigenvalue weighted by Gasteiger charge is 2.37. The third-order valence-electron chi connectivity index (χ3n) is 5.09. The Labute approximate surface area is 126 Å². The summed E-state index contributed by atoms with van der Waals surface area (Å²) in [6, 6.07) is 0.694. The van der Waals surface area contributed by atoms with Crippen LogP contribution in [0.15, 0.2) is 12.4 Å². The van der Waals surface area contributed by atoms with Gasteiger partial charge in [-0.25, -0.2) is 0 Å². The first kappa shape index (κ1) is 13.7. The van der Waals surface area contributed by atoms with Gasteiger partial charge < -0.3 is 4.74 Å². The van der Waals surface area contributed by atoms with Crippen LogP contribution >= 0.6 is 0 Å². The Hall–Kier alpha value is -0.910. The number of aryl methyl sites for hydroxylation is 1. The fraction of sp³-hybridized carbons (Fsp3) is 0.812. The number of ether oxygens (including phenoxy) is 1. The molecule has 21 heavy (non-hydrogen) atoms. The maximum atomic E-state index is 6.10. The second kappa shape index (κ2) is 5.71. The fourth-order valence-corrected chi connectivity index (χ4v) is 3.69. The predicted molar refractivity (Wildman–Crippen MR) is 80.9 cm³/mol. The number of nitrogens with zero attached hydrogens (tertiary/aromatic N) is 4. The van der Waals surface area contributed by atoms with Crippen molar-refractivity contribution < 1.29 is 4.74 Å². The topological polar surface area (TPSA) is 33.5 Å². The standard InChI is InChI=1S/C16H26N4O/c1-18-8-14(7-17-18)9-19-4-5-20-11-16(6-15(20)10-19)21-12-13-2-3-13/h7-8,13,15-16H,2-6,9-12H2,1H3. The van der Waals surface area contributed by atoms with Crippen LogP contribution in [0.25, 0.3) is 0 Å². The van der Waals surface area contributed by atoms with Crippen LogP contribution in [0.3, 0.4) is 0 Å². The fourth-order valence-electron chi connectivity index (χ4n) is 3.69. The first-order valence-corrected chi connectivity index (χ1v) is 8.32. The Kier molecular flexibility index (Phi) is 3.73. The smallest absolute Gasteiger partial charge is 0.0717 e. The monoisotopic (exact) mass is 290 g/mol. The van der Waals surface area contributed by atoms with Crippen LogP contribution < -0.4 is 0 Å². The number of fused-ring (bicyclic) bond motifs is 1. The number of aromatic nitrogens is 2. The molecule has 1 aliphatic carbocycles. The summed E-state index contributed by atoms with van der Waals surface area (Å²) in [7, 11) is 1.99. The molecule has 3 heterocycles. The normalized spacial score (nSPS) is 30.7. The van der Waals surface area contributed by atoms with Gasteiger partial charge in [-0.3, -0.25) is 14.5 Å². The zero-order valence-corrected chi connectivity index (χ0v) is 12.9. The Morgan fingerprint density at radius 2 is 2.19 bits per heavy atom. The van der Waals surface area contributed by atoms with Gasteiger partial charge in [0.05, 0.1) is 12.3 Å². The molecule has 0 aromatic carbocycles. The van der Waals surface area contributed by atoms with E-state index < -0.39 is 0 Å². The van der Waals surface area contributed by atoms with Crippen molar-refractivity contribution >= 4 is 0 Å². The summed E-state index contributed by atoms with van der Waals surface area (Å²) in [6.45, 7) is 6.72. The molecule has 116 valence electrons. The van der Waals surface area contributed by atoms with Crippen molar-refractivity contribution in [2.45, 2.75) is 38.0 Å². The van der Waals surface area contributed by atoms with Gasteiger partial charge in [-0.2, -0.15) is 5.10 Å². The van der Waals surface area contributed by atoms with Gasteiger partial charge in [0.2, 0.25) is 0 Å². The lowest BCUT2D eigenvalue weighted by atomic mass is 10.1. The molecule has 2 aliphatic heterocycles. The van der Waals surface area contributed by atoms with Crippen molar-refractivity contribution in [1.82, 2.24) is 19.6 Å². The van der Waals surface area contributed by atoms with Crippen LogP contribution in [0.1, 0.15) is 24.8 Å². The van der Waals surface area contributed by atoms with Crippen molar-refractivity contribution in [3.8, 4) is 0 Å².